The van der Waals surface area contributed by atoms with Crippen molar-refractivity contribution in [1.82, 2.24) is 19.8 Å². The normalized spacial score (nSPS) is 18.5. The molecule has 1 saturated heterocycles. The fourth-order valence-electron chi connectivity index (χ4n) is 1.96. The predicted octanol–water partition coefficient (Wildman–Crippen LogP) is -0.729. The van der Waals surface area contributed by atoms with Gasteiger partial charge < -0.3 is 15.5 Å². The van der Waals surface area contributed by atoms with Crippen LogP contribution < -0.4 is 10.6 Å². The fourth-order valence-corrected chi connectivity index (χ4v) is 2.84. The molecule has 2 amide bonds. The highest BCUT2D eigenvalue weighted by atomic mass is 32.2. The summed E-state index contributed by atoms with van der Waals surface area (Å²) in [6, 6.07) is -0.128. The number of urea groups is 1. The molecule has 0 bridgehead atoms. The second-order valence-electron chi connectivity index (χ2n) is 5.14. The number of rotatable bonds is 5. The Kier molecular flexibility index (Phi) is 6.02. The van der Waals surface area contributed by atoms with Gasteiger partial charge in [0.15, 0.2) is 0 Å². The number of hydrogen-bond acceptors (Lipinski definition) is 4. The van der Waals surface area contributed by atoms with E-state index in [0.29, 0.717) is 32.5 Å². The van der Waals surface area contributed by atoms with Gasteiger partial charge in [0.05, 0.1) is 6.26 Å². The topological polar surface area (TPSA) is 81.8 Å². The third kappa shape index (κ3) is 6.22. The molecule has 0 saturated carbocycles. The fraction of sp³-hybridized carbons (Fsp3) is 0.909. The van der Waals surface area contributed by atoms with E-state index in [2.05, 4.69) is 10.6 Å². The van der Waals surface area contributed by atoms with Crippen LogP contribution in [0.25, 0.3) is 0 Å². The largest absolute Gasteiger partial charge is 0.337 e. The minimum atomic E-state index is -3.10. The molecule has 0 aromatic carbocycles. The molecule has 0 aliphatic carbocycles. The van der Waals surface area contributed by atoms with Gasteiger partial charge in [0.1, 0.15) is 0 Å². The zero-order valence-electron chi connectivity index (χ0n) is 11.8. The molecular formula is C11H24N4O3S. The van der Waals surface area contributed by atoms with Crippen LogP contribution in [0.4, 0.5) is 4.79 Å². The van der Waals surface area contributed by atoms with Crippen molar-refractivity contribution in [2.45, 2.75) is 18.9 Å². The first kappa shape index (κ1) is 16.2. The van der Waals surface area contributed by atoms with Gasteiger partial charge in [-0.15, -0.1) is 0 Å². The third-order valence-electron chi connectivity index (χ3n) is 3.10. The van der Waals surface area contributed by atoms with Crippen LogP contribution in [0.3, 0.4) is 0 Å². The second-order valence-corrected chi connectivity index (χ2v) is 7.12. The molecule has 0 aromatic rings. The summed E-state index contributed by atoms with van der Waals surface area (Å²) in [7, 11) is 0.788. The smallest absolute Gasteiger partial charge is 0.315 e. The van der Waals surface area contributed by atoms with Crippen molar-refractivity contribution in [3.05, 3.63) is 0 Å². The highest BCUT2D eigenvalue weighted by Gasteiger charge is 2.25. The zero-order chi connectivity index (χ0) is 14.5. The molecule has 0 aromatic heterocycles. The summed E-state index contributed by atoms with van der Waals surface area (Å²) < 4.78 is 24.1. The van der Waals surface area contributed by atoms with Crippen molar-refractivity contribution >= 4 is 16.1 Å². The van der Waals surface area contributed by atoms with E-state index in [9.17, 15) is 13.2 Å². The van der Waals surface area contributed by atoms with E-state index in [0.717, 1.165) is 6.54 Å². The lowest BCUT2D eigenvalue weighted by molar-refractivity contribution is 0.226. The van der Waals surface area contributed by atoms with Crippen molar-refractivity contribution in [3.63, 3.8) is 0 Å². The summed E-state index contributed by atoms with van der Waals surface area (Å²) in [6.07, 6.45) is 2.54. The molecule has 1 heterocycles. The van der Waals surface area contributed by atoms with Gasteiger partial charge in [0.25, 0.3) is 0 Å². The summed E-state index contributed by atoms with van der Waals surface area (Å²) >= 11 is 0. The molecule has 112 valence electrons. The molecule has 1 rings (SSSR count). The van der Waals surface area contributed by atoms with Crippen molar-refractivity contribution in [2.24, 2.45) is 0 Å². The number of carbonyl (C=O) groups excluding carboxylic acids is 1. The van der Waals surface area contributed by atoms with Crippen LogP contribution in [0.15, 0.2) is 0 Å². The number of likely N-dealkylation sites (N-methyl/N-ethyl adjacent to an activating group) is 1. The Labute approximate surface area is 115 Å². The summed E-state index contributed by atoms with van der Waals surface area (Å²) in [5, 5.41) is 5.65. The summed E-state index contributed by atoms with van der Waals surface area (Å²) in [6.45, 7) is 2.34. The SMILES string of the molecule is CN(C)CCNC(=O)NC1CCN(S(C)(=O)=O)CC1. The Morgan fingerprint density at radius 2 is 1.89 bits per heavy atom. The molecule has 1 fully saturated rings. The molecule has 8 heteroatoms. The molecule has 19 heavy (non-hydrogen) atoms. The third-order valence-corrected chi connectivity index (χ3v) is 4.41. The molecule has 0 spiro atoms. The van der Waals surface area contributed by atoms with E-state index in [1.54, 1.807) is 0 Å². The lowest BCUT2D eigenvalue weighted by Gasteiger charge is -2.30. The van der Waals surface area contributed by atoms with Gasteiger partial charge in [-0.3, -0.25) is 0 Å². The van der Waals surface area contributed by atoms with Gasteiger partial charge in [-0.1, -0.05) is 0 Å². The van der Waals surface area contributed by atoms with Gasteiger partial charge in [-0.25, -0.2) is 17.5 Å². The second kappa shape index (κ2) is 7.06. The van der Waals surface area contributed by atoms with Crippen LogP contribution >= 0.6 is 0 Å². The predicted molar refractivity (Wildman–Crippen MR) is 74.5 cm³/mol. The van der Waals surface area contributed by atoms with Crippen molar-refractivity contribution < 1.29 is 13.2 Å². The maximum atomic E-state index is 11.6. The van der Waals surface area contributed by atoms with Crippen molar-refractivity contribution in [1.29, 1.82) is 0 Å². The number of nitrogens with zero attached hydrogens (tertiary/aromatic N) is 2. The Morgan fingerprint density at radius 3 is 2.37 bits per heavy atom. The molecule has 1 aliphatic heterocycles. The molecule has 0 radical (unpaired) electrons. The summed E-state index contributed by atoms with van der Waals surface area (Å²) in [4.78, 5) is 13.6. The molecule has 0 atom stereocenters. The molecule has 2 N–H and O–H groups in total. The lowest BCUT2D eigenvalue weighted by Crippen LogP contribution is -2.49. The minimum absolute atomic E-state index is 0.0531. The number of hydrogen-bond donors (Lipinski definition) is 2. The van der Waals surface area contributed by atoms with E-state index < -0.39 is 10.0 Å². The van der Waals surface area contributed by atoms with Crippen molar-refractivity contribution in [2.75, 3.05) is 46.5 Å². The number of piperidine rings is 1. The Morgan fingerprint density at radius 1 is 1.32 bits per heavy atom. The highest BCUT2D eigenvalue weighted by molar-refractivity contribution is 7.88. The van der Waals surface area contributed by atoms with Crippen molar-refractivity contribution in [3.8, 4) is 0 Å². The van der Waals surface area contributed by atoms with Gasteiger partial charge in [-0.2, -0.15) is 0 Å². The van der Waals surface area contributed by atoms with Crippen LogP contribution in [0.5, 0.6) is 0 Å². The number of amides is 2. The first-order valence-electron chi connectivity index (χ1n) is 6.43. The molecule has 1 aliphatic rings. The van der Waals surface area contributed by atoms with E-state index in [1.807, 2.05) is 19.0 Å². The van der Waals surface area contributed by atoms with Crippen LogP contribution in [-0.2, 0) is 10.0 Å². The highest BCUT2D eigenvalue weighted by Crippen LogP contribution is 2.12. The minimum Gasteiger partial charge on any atom is -0.337 e. The monoisotopic (exact) mass is 292 g/mol. The van der Waals surface area contributed by atoms with Gasteiger partial charge in [0.2, 0.25) is 10.0 Å². The average Bonchev–Trinajstić information content (AvgIpc) is 2.27. The van der Waals surface area contributed by atoms with Gasteiger partial charge in [-0.05, 0) is 26.9 Å². The van der Waals surface area contributed by atoms with E-state index in [4.69, 9.17) is 0 Å². The lowest BCUT2D eigenvalue weighted by atomic mass is 10.1. The summed E-state index contributed by atoms with van der Waals surface area (Å²) in [5.41, 5.74) is 0. The molecular weight excluding hydrogens is 268 g/mol. The molecule has 0 unspecified atom stereocenters. The van der Waals surface area contributed by atoms with Gasteiger partial charge >= 0.3 is 6.03 Å². The first-order valence-corrected chi connectivity index (χ1v) is 8.28. The average molecular weight is 292 g/mol. The van der Waals surface area contributed by atoms with Crippen LogP contribution in [0.2, 0.25) is 0 Å². The van der Waals surface area contributed by atoms with Gasteiger partial charge in [0, 0.05) is 32.2 Å². The Hall–Kier alpha value is -0.860. The number of nitrogens with one attached hydrogen (secondary N) is 2. The zero-order valence-corrected chi connectivity index (χ0v) is 12.7. The van der Waals surface area contributed by atoms with E-state index in [-0.39, 0.29) is 12.1 Å². The van der Waals surface area contributed by atoms with E-state index >= 15 is 0 Å². The Balaban J connectivity index is 2.24. The number of sulfonamides is 1. The number of carbonyl (C=O) groups is 1. The van der Waals surface area contributed by atoms with Crippen LogP contribution in [0.1, 0.15) is 12.8 Å². The summed E-state index contributed by atoms with van der Waals surface area (Å²) in [5.74, 6) is 0. The maximum absolute atomic E-state index is 11.6. The Bertz CT molecular complexity index is 389. The van der Waals surface area contributed by atoms with E-state index in [1.165, 1.54) is 10.6 Å². The quantitative estimate of drug-likeness (QED) is 0.700. The standard InChI is InChI=1S/C11H24N4O3S/c1-14(2)9-6-12-11(16)13-10-4-7-15(8-5-10)19(3,17)18/h10H,4-9H2,1-3H3,(H2,12,13,16). The first-order chi connectivity index (χ1) is 8.79. The van der Waals surface area contributed by atoms with Crippen LogP contribution in [-0.4, -0.2) is 76.2 Å². The van der Waals surface area contributed by atoms with Crippen LogP contribution in [0, 0.1) is 0 Å². The molecule has 7 nitrogen and oxygen atoms in total. The maximum Gasteiger partial charge on any atom is 0.315 e.